The standard InChI is InChI=1S/C7H8N4O2/c8-3-7(4-9,5-11-10)2-1-6(12)13/h10H,1-2,5H2,(H,12,13). The average molecular weight is 180 g/mol. The molecule has 0 aliphatic heterocycles. The zero-order valence-electron chi connectivity index (χ0n) is 6.82. The molecule has 6 nitrogen and oxygen atoms in total. The Labute approximate surface area is 74.9 Å². The highest BCUT2D eigenvalue weighted by Gasteiger charge is 2.30. The molecule has 0 radical (unpaired) electrons. The Kier molecular flexibility index (Phi) is 4.11. The fourth-order valence-electron chi connectivity index (χ4n) is 0.742. The number of aliphatic carboxylic acids is 1. The maximum Gasteiger partial charge on any atom is 0.303 e. The molecule has 6 heteroatoms. The summed E-state index contributed by atoms with van der Waals surface area (Å²) in [6.07, 6.45) is -0.367. The monoisotopic (exact) mass is 180 g/mol. The zero-order chi connectivity index (χ0) is 10.3. The molecular weight excluding hydrogens is 172 g/mol. The van der Waals surface area contributed by atoms with Gasteiger partial charge in [-0.3, -0.25) is 4.79 Å². The molecular formula is C7H8N4O2. The molecule has 0 saturated carbocycles. The van der Waals surface area contributed by atoms with Gasteiger partial charge in [0, 0.05) is 6.42 Å². The van der Waals surface area contributed by atoms with E-state index >= 15 is 0 Å². The third-order valence-corrected chi connectivity index (χ3v) is 1.54. The summed E-state index contributed by atoms with van der Waals surface area (Å²) < 4.78 is 0. The Bertz CT molecular complexity index is 272. The molecule has 0 aromatic heterocycles. The molecule has 0 heterocycles. The van der Waals surface area contributed by atoms with Crippen LogP contribution in [0.5, 0.6) is 0 Å². The first-order chi connectivity index (χ1) is 6.10. The number of carboxylic acids is 1. The normalized spacial score (nSPS) is 9.69. The van der Waals surface area contributed by atoms with E-state index in [2.05, 4.69) is 5.11 Å². The largest absolute Gasteiger partial charge is 0.481 e. The molecule has 0 unspecified atom stereocenters. The fourth-order valence-corrected chi connectivity index (χ4v) is 0.742. The van der Waals surface area contributed by atoms with E-state index in [-0.39, 0.29) is 19.4 Å². The van der Waals surface area contributed by atoms with Gasteiger partial charge in [-0.15, -0.1) is 0 Å². The second-order valence-electron chi connectivity index (χ2n) is 2.52. The number of nitrogens with one attached hydrogen (secondary N) is 1. The summed E-state index contributed by atoms with van der Waals surface area (Å²) in [5, 5.41) is 28.5. The van der Waals surface area contributed by atoms with Crippen LogP contribution in [-0.4, -0.2) is 17.6 Å². The summed E-state index contributed by atoms with van der Waals surface area (Å²) in [6.45, 7) is -0.271. The van der Waals surface area contributed by atoms with Crippen molar-refractivity contribution in [3.05, 3.63) is 0 Å². The lowest BCUT2D eigenvalue weighted by Crippen LogP contribution is -2.21. The highest BCUT2D eigenvalue weighted by atomic mass is 16.4. The van der Waals surface area contributed by atoms with Crippen LogP contribution in [-0.2, 0) is 4.79 Å². The SMILES string of the molecule is N#CC(C#N)(CCC(=O)O)CN=N. The van der Waals surface area contributed by atoms with Gasteiger partial charge in [0.2, 0.25) is 0 Å². The Hall–Kier alpha value is -1.95. The van der Waals surface area contributed by atoms with Gasteiger partial charge in [0.05, 0.1) is 18.7 Å². The van der Waals surface area contributed by atoms with Crippen molar-refractivity contribution in [1.82, 2.24) is 0 Å². The van der Waals surface area contributed by atoms with E-state index in [0.717, 1.165) is 0 Å². The lowest BCUT2D eigenvalue weighted by Gasteiger charge is -2.12. The maximum atomic E-state index is 10.2. The van der Waals surface area contributed by atoms with Crippen LogP contribution in [0.25, 0.3) is 0 Å². The Balaban J connectivity index is 4.43. The van der Waals surface area contributed by atoms with Crippen molar-refractivity contribution in [2.24, 2.45) is 10.5 Å². The smallest absolute Gasteiger partial charge is 0.303 e. The van der Waals surface area contributed by atoms with Crippen molar-refractivity contribution in [3.63, 3.8) is 0 Å². The molecule has 0 saturated heterocycles. The average Bonchev–Trinajstić information content (AvgIpc) is 2.12. The molecule has 13 heavy (non-hydrogen) atoms. The summed E-state index contributed by atoms with van der Waals surface area (Å²) >= 11 is 0. The van der Waals surface area contributed by atoms with Crippen molar-refractivity contribution in [2.45, 2.75) is 12.8 Å². The van der Waals surface area contributed by atoms with E-state index in [0.29, 0.717) is 0 Å². The van der Waals surface area contributed by atoms with Crippen LogP contribution >= 0.6 is 0 Å². The topological polar surface area (TPSA) is 121 Å². The summed E-state index contributed by atoms with van der Waals surface area (Å²) in [5.74, 6) is -1.07. The molecule has 0 aliphatic rings. The van der Waals surface area contributed by atoms with E-state index in [1.165, 1.54) is 0 Å². The highest BCUT2D eigenvalue weighted by molar-refractivity contribution is 5.66. The van der Waals surface area contributed by atoms with E-state index in [1.54, 1.807) is 12.1 Å². The number of carbonyl (C=O) groups is 1. The molecule has 0 spiro atoms. The van der Waals surface area contributed by atoms with Crippen molar-refractivity contribution in [1.29, 1.82) is 16.1 Å². The van der Waals surface area contributed by atoms with Crippen LogP contribution in [0.2, 0.25) is 0 Å². The van der Waals surface area contributed by atoms with Gasteiger partial charge in [-0.1, -0.05) is 0 Å². The van der Waals surface area contributed by atoms with E-state index < -0.39 is 11.4 Å². The lowest BCUT2D eigenvalue weighted by molar-refractivity contribution is -0.137. The molecule has 0 aromatic rings. The molecule has 0 aromatic carbocycles. The number of carboxylic acid groups (broad SMARTS) is 1. The van der Waals surface area contributed by atoms with Gasteiger partial charge in [-0.25, -0.2) is 5.53 Å². The second kappa shape index (κ2) is 4.83. The van der Waals surface area contributed by atoms with Crippen LogP contribution in [0.3, 0.4) is 0 Å². The van der Waals surface area contributed by atoms with Gasteiger partial charge in [-0.05, 0) is 6.42 Å². The van der Waals surface area contributed by atoms with Crippen molar-refractivity contribution < 1.29 is 9.90 Å². The van der Waals surface area contributed by atoms with Gasteiger partial charge in [0.15, 0.2) is 5.41 Å². The van der Waals surface area contributed by atoms with Crippen molar-refractivity contribution >= 4 is 5.97 Å². The minimum atomic E-state index is -1.46. The van der Waals surface area contributed by atoms with Gasteiger partial charge < -0.3 is 5.11 Å². The van der Waals surface area contributed by atoms with Crippen LogP contribution in [0.15, 0.2) is 5.11 Å². The zero-order valence-corrected chi connectivity index (χ0v) is 6.82. The number of hydrogen-bond acceptors (Lipinski definition) is 5. The summed E-state index contributed by atoms with van der Waals surface area (Å²) in [7, 11) is 0. The maximum absolute atomic E-state index is 10.2. The number of nitriles is 2. The van der Waals surface area contributed by atoms with Crippen LogP contribution in [0.1, 0.15) is 12.8 Å². The molecule has 0 amide bonds. The molecule has 0 atom stereocenters. The van der Waals surface area contributed by atoms with E-state index in [9.17, 15) is 4.79 Å². The van der Waals surface area contributed by atoms with Crippen LogP contribution in [0, 0.1) is 33.6 Å². The quantitative estimate of drug-likeness (QED) is 0.610. The first kappa shape index (κ1) is 11.1. The molecule has 0 fully saturated rings. The third-order valence-electron chi connectivity index (χ3n) is 1.54. The van der Waals surface area contributed by atoms with Crippen LogP contribution < -0.4 is 0 Å². The molecule has 0 rings (SSSR count). The number of hydrogen-bond donors (Lipinski definition) is 2. The minimum absolute atomic E-state index is 0.0995. The fraction of sp³-hybridized carbons (Fsp3) is 0.571. The predicted octanol–water partition coefficient (Wildman–Crippen LogP) is 0.916. The highest BCUT2D eigenvalue weighted by Crippen LogP contribution is 2.22. The van der Waals surface area contributed by atoms with Gasteiger partial charge >= 0.3 is 5.97 Å². The summed E-state index contributed by atoms with van der Waals surface area (Å²) in [5.41, 5.74) is 5.07. The lowest BCUT2D eigenvalue weighted by atomic mass is 9.86. The first-order valence-corrected chi connectivity index (χ1v) is 3.48. The van der Waals surface area contributed by atoms with Crippen LogP contribution in [0.4, 0.5) is 0 Å². The molecule has 2 N–H and O–H groups in total. The number of rotatable bonds is 5. The van der Waals surface area contributed by atoms with E-state index in [4.69, 9.17) is 21.2 Å². The molecule has 0 bridgehead atoms. The van der Waals surface area contributed by atoms with E-state index in [1.807, 2.05) is 0 Å². The second-order valence-corrected chi connectivity index (χ2v) is 2.52. The minimum Gasteiger partial charge on any atom is -0.481 e. The summed E-state index contributed by atoms with van der Waals surface area (Å²) in [6, 6.07) is 3.37. The first-order valence-electron chi connectivity index (χ1n) is 3.48. The van der Waals surface area contributed by atoms with Crippen molar-refractivity contribution in [3.8, 4) is 12.1 Å². The third kappa shape index (κ3) is 3.30. The predicted molar refractivity (Wildman–Crippen MR) is 40.5 cm³/mol. The van der Waals surface area contributed by atoms with Gasteiger partial charge in [-0.2, -0.15) is 15.6 Å². The van der Waals surface area contributed by atoms with Gasteiger partial charge in [0.25, 0.3) is 0 Å². The van der Waals surface area contributed by atoms with Crippen molar-refractivity contribution in [2.75, 3.05) is 6.54 Å². The Morgan fingerprint density at radius 3 is 2.38 bits per heavy atom. The Morgan fingerprint density at radius 1 is 1.54 bits per heavy atom. The summed E-state index contributed by atoms with van der Waals surface area (Å²) in [4.78, 5) is 10.2. The van der Waals surface area contributed by atoms with Gasteiger partial charge in [0.1, 0.15) is 0 Å². The molecule has 0 aliphatic carbocycles. The molecule has 68 valence electrons. The Morgan fingerprint density at radius 2 is 2.08 bits per heavy atom. The number of nitrogens with zero attached hydrogens (tertiary/aromatic N) is 3.